The summed E-state index contributed by atoms with van der Waals surface area (Å²) in [6.45, 7) is 7.11. The van der Waals surface area contributed by atoms with Crippen LogP contribution >= 0.6 is 11.8 Å². The first-order valence-corrected chi connectivity index (χ1v) is 6.39. The van der Waals surface area contributed by atoms with Crippen molar-refractivity contribution >= 4 is 11.8 Å². The Morgan fingerprint density at radius 3 is 3.00 bits per heavy atom. The lowest BCUT2D eigenvalue weighted by atomic mass is 10.1. The quantitative estimate of drug-likeness (QED) is 0.742. The summed E-state index contributed by atoms with van der Waals surface area (Å²) in [5, 5.41) is 3.22. The van der Waals surface area contributed by atoms with Gasteiger partial charge in [-0.2, -0.15) is 11.8 Å². The molecule has 0 amide bonds. The van der Waals surface area contributed by atoms with E-state index < -0.39 is 0 Å². The van der Waals surface area contributed by atoms with Crippen molar-refractivity contribution < 1.29 is 0 Å². The Labute approximate surface area is 86.5 Å². The molecule has 0 aliphatic carbocycles. The van der Waals surface area contributed by atoms with E-state index in [1.807, 2.05) is 7.05 Å². The molecule has 13 heavy (non-hydrogen) atoms. The molecular weight excluding hydrogens is 180 g/mol. The van der Waals surface area contributed by atoms with Crippen LogP contribution in [0.3, 0.4) is 0 Å². The average molecular weight is 202 g/mol. The molecule has 0 saturated carbocycles. The van der Waals surface area contributed by atoms with Crippen molar-refractivity contribution in [2.75, 3.05) is 31.6 Å². The molecule has 0 aromatic carbocycles. The van der Waals surface area contributed by atoms with E-state index in [1.165, 1.54) is 24.5 Å². The van der Waals surface area contributed by atoms with Gasteiger partial charge in [0, 0.05) is 30.1 Å². The van der Waals surface area contributed by atoms with Gasteiger partial charge in [-0.3, -0.25) is 4.90 Å². The number of thioether (sulfide) groups is 1. The maximum atomic E-state index is 3.22. The van der Waals surface area contributed by atoms with Gasteiger partial charge in [0.15, 0.2) is 0 Å². The predicted octanol–water partition coefficient (Wildman–Crippen LogP) is 1.42. The lowest BCUT2D eigenvalue weighted by Crippen LogP contribution is -2.46. The normalized spacial score (nSPS) is 27.5. The van der Waals surface area contributed by atoms with Gasteiger partial charge in [-0.15, -0.1) is 0 Å². The molecule has 1 saturated heterocycles. The Kier molecular flexibility index (Phi) is 5.14. The van der Waals surface area contributed by atoms with Crippen LogP contribution in [0.5, 0.6) is 0 Å². The van der Waals surface area contributed by atoms with Crippen molar-refractivity contribution in [2.24, 2.45) is 0 Å². The zero-order valence-electron chi connectivity index (χ0n) is 9.05. The Hall–Kier alpha value is 0.270. The topological polar surface area (TPSA) is 15.3 Å². The maximum absolute atomic E-state index is 3.22. The van der Waals surface area contributed by atoms with Crippen LogP contribution in [-0.4, -0.2) is 48.6 Å². The third-order valence-corrected chi connectivity index (χ3v) is 3.99. The molecule has 3 heteroatoms. The van der Waals surface area contributed by atoms with Crippen molar-refractivity contribution in [3.8, 4) is 0 Å². The van der Waals surface area contributed by atoms with E-state index in [0.717, 1.165) is 18.6 Å². The molecule has 0 bridgehead atoms. The molecule has 1 aliphatic rings. The molecule has 0 aromatic heterocycles. The summed E-state index contributed by atoms with van der Waals surface area (Å²) in [6, 6.07) is 1.51. The zero-order chi connectivity index (χ0) is 9.68. The Morgan fingerprint density at radius 1 is 1.62 bits per heavy atom. The largest absolute Gasteiger partial charge is 0.320 e. The third kappa shape index (κ3) is 3.49. The van der Waals surface area contributed by atoms with E-state index in [1.54, 1.807) is 0 Å². The number of nitrogens with zero attached hydrogens (tertiary/aromatic N) is 1. The van der Waals surface area contributed by atoms with E-state index >= 15 is 0 Å². The van der Waals surface area contributed by atoms with Crippen molar-refractivity contribution in [1.29, 1.82) is 0 Å². The molecule has 1 fully saturated rings. The van der Waals surface area contributed by atoms with Crippen LogP contribution in [0.1, 0.15) is 20.3 Å². The summed E-state index contributed by atoms with van der Waals surface area (Å²) in [5.41, 5.74) is 0. The smallest absolute Gasteiger partial charge is 0.0161 e. The molecule has 2 nitrogen and oxygen atoms in total. The highest BCUT2D eigenvalue weighted by molar-refractivity contribution is 7.99. The molecule has 1 rings (SSSR count). The van der Waals surface area contributed by atoms with Gasteiger partial charge in [0.1, 0.15) is 0 Å². The SMILES string of the molecule is CNCCC(C)N1CCSCC1C. The highest BCUT2D eigenvalue weighted by Crippen LogP contribution is 2.19. The average Bonchev–Trinajstić information content (AvgIpc) is 2.15. The van der Waals surface area contributed by atoms with Gasteiger partial charge in [-0.05, 0) is 33.9 Å². The highest BCUT2D eigenvalue weighted by Gasteiger charge is 2.22. The van der Waals surface area contributed by atoms with E-state index in [4.69, 9.17) is 0 Å². The van der Waals surface area contributed by atoms with E-state index in [9.17, 15) is 0 Å². The van der Waals surface area contributed by atoms with Crippen LogP contribution in [0.2, 0.25) is 0 Å². The standard InChI is InChI=1S/C10H22N2S/c1-9(4-5-11-3)12-6-7-13-8-10(12)2/h9-11H,4-8H2,1-3H3. The van der Waals surface area contributed by atoms with Gasteiger partial charge in [0.2, 0.25) is 0 Å². The van der Waals surface area contributed by atoms with Gasteiger partial charge >= 0.3 is 0 Å². The summed E-state index contributed by atoms with van der Waals surface area (Å²) >= 11 is 2.09. The predicted molar refractivity (Wildman–Crippen MR) is 61.5 cm³/mol. The number of nitrogens with one attached hydrogen (secondary N) is 1. The molecule has 1 heterocycles. The van der Waals surface area contributed by atoms with E-state index in [2.05, 4.69) is 35.8 Å². The number of hydrogen-bond acceptors (Lipinski definition) is 3. The molecule has 0 aromatic rings. The first-order chi connectivity index (χ1) is 6.25. The van der Waals surface area contributed by atoms with Crippen molar-refractivity contribution in [1.82, 2.24) is 10.2 Å². The van der Waals surface area contributed by atoms with E-state index in [0.29, 0.717) is 0 Å². The first kappa shape index (κ1) is 11.3. The minimum atomic E-state index is 0.739. The Bertz CT molecular complexity index is 141. The lowest BCUT2D eigenvalue weighted by molar-refractivity contribution is 0.165. The maximum Gasteiger partial charge on any atom is 0.0161 e. The monoisotopic (exact) mass is 202 g/mol. The van der Waals surface area contributed by atoms with Gasteiger partial charge in [-0.25, -0.2) is 0 Å². The molecule has 1 N–H and O–H groups in total. The van der Waals surface area contributed by atoms with Crippen molar-refractivity contribution in [3.05, 3.63) is 0 Å². The summed E-state index contributed by atoms with van der Waals surface area (Å²) in [6.07, 6.45) is 1.27. The van der Waals surface area contributed by atoms with E-state index in [-0.39, 0.29) is 0 Å². The second-order valence-corrected chi connectivity index (χ2v) is 5.05. The molecule has 78 valence electrons. The number of hydrogen-bond donors (Lipinski definition) is 1. The minimum Gasteiger partial charge on any atom is -0.320 e. The second kappa shape index (κ2) is 5.89. The van der Waals surface area contributed by atoms with Gasteiger partial charge in [-0.1, -0.05) is 0 Å². The minimum absolute atomic E-state index is 0.739. The fourth-order valence-corrected chi connectivity index (χ4v) is 2.95. The molecule has 2 atom stereocenters. The molecule has 0 spiro atoms. The van der Waals surface area contributed by atoms with Crippen LogP contribution < -0.4 is 5.32 Å². The second-order valence-electron chi connectivity index (χ2n) is 3.90. The van der Waals surface area contributed by atoms with Crippen LogP contribution in [0.4, 0.5) is 0 Å². The number of rotatable bonds is 4. The fraction of sp³-hybridized carbons (Fsp3) is 1.00. The van der Waals surface area contributed by atoms with Gasteiger partial charge in [0.25, 0.3) is 0 Å². The highest BCUT2D eigenvalue weighted by atomic mass is 32.2. The Balaban J connectivity index is 2.30. The summed E-state index contributed by atoms with van der Waals surface area (Å²) in [4.78, 5) is 2.65. The Morgan fingerprint density at radius 2 is 2.38 bits per heavy atom. The summed E-state index contributed by atoms with van der Waals surface area (Å²) in [5.74, 6) is 2.62. The van der Waals surface area contributed by atoms with Crippen LogP contribution in [0, 0.1) is 0 Å². The van der Waals surface area contributed by atoms with Crippen molar-refractivity contribution in [2.45, 2.75) is 32.4 Å². The third-order valence-electron chi connectivity index (χ3n) is 2.80. The fourth-order valence-electron chi connectivity index (χ4n) is 1.91. The lowest BCUT2D eigenvalue weighted by Gasteiger charge is -2.37. The van der Waals surface area contributed by atoms with Crippen LogP contribution in [-0.2, 0) is 0 Å². The van der Waals surface area contributed by atoms with Crippen LogP contribution in [0.15, 0.2) is 0 Å². The molecule has 0 radical (unpaired) electrons. The zero-order valence-corrected chi connectivity index (χ0v) is 9.86. The first-order valence-electron chi connectivity index (χ1n) is 5.23. The molecule has 2 unspecified atom stereocenters. The summed E-state index contributed by atoms with van der Waals surface area (Å²) in [7, 11) is 2.03. The molecular formula is C10H22N2S. The summed E-state index contributed by atoms with van der Waals surface area (Å²) < 4.78 is 0. The molecule has 1 aliphatic heterocycles. The van der Waals surface area contributed by atoms with Crippen molar-refractivity contribution in [3.63, 3.8) is 0 Å². The van der Waals surface area contributed by atoms with Crippen LogP contribution in [0.25, 0.3) is 0 Å². The van der Waals surface area contributed by atoms with Gasteiger partial charge in [0.05, 0.1) is 0 Å². The van der Waals surface area contributed by atoms with Gasteiger partial charge < -0.3 is 5.32 Å².